The van der Waals surface area contributed by atoms with Crippen molar-refractivity contribution in [1.29, 1.82) is 0 Å². The number of halogens is 1. The molecule has 0 spiro atoms. The Balaban J connectivity index is 1.88. The van der Waals surface area contributed by atoms with Crippen molar-refractivity contribution in [2.24, 2.45) is 0 Å². The van der Waals surface area contributed by atoms with Gasteiger partial charge in [-0.2, -0.15) is 0 Å². The van der Waals surface area contributed by atoms with E-state index in [9.17, 15) is 13.2 Å². The molecule has 1 amide bonds. The van der Waals surface area contributed by atoms with Gasteiger partial charge in [-0.05, 0) is 25.1 Å². The van der Waals surface area contributed by atoms with E-state index in [4.69, 9.17) is 11.6 Å². The molecule has 2 heterocycles. The molecule has 0 aliphatic rings. The number of amides is 1. The van der Waals surface area contributed by atoms with Crippen molar-refractivity contribution >= 4 is 49.7 Å². The fraction of sp³-hybridized carbons (Fsp3) is 0.118. The second-order valence-electron chi connectivity index (χ2n) is 5.69. The Morgan fingerprint density at radius 3 is 2.59 bits per heavy atom. The number of hydrogen-bond acceptors (Lipinski definition) is 6. The van der Waals surface area contributed by atoms with Gasteiger partial charge in [0.15, 0.2) is 10.3 Å². The molecule has 0 unspecified atom stereocenters. The first-order valence-electron chi connectivity index (χ1n) is 7.70. The van der Waals surface area contributed by atoms with E-state index in [1.165, 1.54) is 17.5 Å². The number of anilines is 2. The predicted octanol–water partition coefficient (Wildman–Crippen LogP) is 3.79. The van der Waals surface area contributed by atoms with Gasteiger partial charge in [-0.15, -0.1) is 0 Å². The predicted molar refractivity (Wildman–Crippen MR) is 108 cm³/mol. The highest BCUT2D eigenvalue weighted by Gasteiger charge is 2.16. The number of benzene rings is 1. The van der Waals surface area contributed by atoms with E-state index in [1.807, 2.05) is 6.07 Å². The van der Waals surface area contributed by atoms with Gasteiger partial charge in [0.1, 0.15) is 0 Å². The fourth-order valence-corrected chi connectivity index (χ4v) is 4.02. The number of rotatable bonds is 5. The molecule has 3 aromatic rings. The number of nitrogens with zero attached hydrogens (tertiary/aromatic N) is 2. The average molecular weight is 423 g/mol. The first-order chi connectivity index (χ1) is 12.7. The second kappa shape index (κ2) is 7.63. The van der Waals surface area contributed by atoms with Gasteiger partial charge in [-0.25, -0.2) is 18.4 Å². The summed E-state index contributed by atoms with van der Waals surface area (Å²) in [7, 11) is -3.49. The molecule has 0 saturated carbocycles. The summed E-state index contributed by atoms with van der Waals surface area (Å²) in [5.41, 5.74) is 2.03. The number of pyridine rings is 1. The van der Waals surface area contributed by atoms with Gasteiger partial charge in [-0.3, -0.25) is 14.8 Å². The molecule has 27 heavy (non-hydrogen) atoms. The zero-order valence-corrected chi connectivity index (χ0v) is 16.7. The number of sulfonamides is 1. The van der Waals surface area contributed by atoms with Crippen LogP contribution in [0, 0.1) is 6.92 Å². The number of thiazole rings is 1. The third kappa shape index (κ3) is 4.82. The van der Waals surface area contributed by atoms with Crippen LogP contribution in [-0.4, -0.2) is 30.5 Å². The lowest BCUT2D eigenvalue weighted by molar-refractivity contribution is 0.102. The zero-order chi connectivity index (χ0) is 19.6. The van der Waals surface area contributed by atoms with Crippen molar-refractivity contribution in [3.8, 4) is 10.4 Å². The van der Waals surface area contributed by atoms with Crippen LogP contribution in [0.15, 0.2) is 42.6 Å². The molecule has 0 radical (unpaired) electrons. The molecule has 3 rings (SSSR count). The van der Waals surface area contributed by atoms with Crippen molar-refractivity contribution in [2.45, 2.75) is 6.92 Å². The molecular formula is C17H15ClN4O3S2. The van der Waals surface area contributed by atoms with Gasteiger partial charge in [0.2, 0.25) is 10.0 Å². The van der Waals surface area contributed by atoms with Crippen LogP contribution in [0.25, 0.3) is 10.4 Å². The van der Waals surface area contributed by atoms with Crippen LogP contribution < -0.4 is 10.0 Å². The van der Waals surface area contributed by atoms with Gasteiger partial charge in [0, 0.05) is 17.3 Å². The van der Waals surface area contributed by atoms with Crippen molar-refractivity contribution in [2.75, 3.05) is 16.3 Å². The van der Waals surface area contributed by atoms with Crippen molar-refractivity contribution in [1.82, 2.24) is 9.97 Å². The molecule has 7 nitrogen and oxygen atoms in total. The van der Waals surface area contributed by atoms with Crippen LogP contribution in [0.3, 0.4) is 0 Å². The maximum atomic E-state index is 12.3. The number of nitrogens with one attached hydrogen (secondary N) is 2. The summed E-state index contributed by atoms with van der Waals surface area (Å²) in [6.45, 7) is 1.79. The molecular weight excluding hydrogens is 408 g/mol. The standard InChI is InChI=1S/C17H15ClN4O3S2/c1-10-14(12-8-13(15(18)19-9-12)22-27(2,24)25)26-17(20-10)21-16(23)11-6-4-3-5-7-11/h3-9,22H,1-2H3,(H,20,21,23). The molecule has 2 aromatic heterocycles. The smallest absolute Gasteiger partial charge is 0.257 e. The lowest BCUT2D eigenvalue weighted by Gasteiger charge is -2.07. The van der Waals surface area contributed by atoms with E-state index in [1.54, 1.807) is 37.3 Å². The summed E-state index contributed by atoms with van der Waals surface area (Å²) in [5, 5.41) is 3.24. The molecule has 0 aliphatic heterocycles. The number of aromatic nitrogens is 2. The van der Waals surface area contributed by atoms with Crippen LogP contribution in [0.1, 0.15) is 16.1 Å². The van der Waals surface area contributed by atoms with E-state index in [0.29, 0.717) is 22.0 Å². The third-order valence-electron chi connectivity index (χ3n) is 3.45. The first kappa shape index (κ1) is 19.3. The third-order valence-corrected chi connectivity index (χ3v) is 5.46. The Morgan fingerprint density at radius 1 is 1.22 bits per heavy atom. The first-order valence-corrected chi connectivity index (χ1v) is 10.8. The number of aryl methyl sites for hydroxylation is 1. The van der Waals surface area contributed by atoms with Gasteiger partial charge in [-0.1, -0.05) is 41.1 Å². The SMILES string of the molecule is Cc1nc(NC(=O)c2ccccc2)sc1-c1cnc(Cl)c(NS(C)(=O)=O)c1. The quantitative estimate of drug-likeness (QED) is 0.609. The molecule has 0 saturated heterocycles. The Labute approximate surface area is 165 Å². The normalized spacial score (nSPS) is 11.2. The Bertz CT molecular complexity index is 1100. The molecule has 140 valence electrons. The lowest BCUT2D eigenvalue weighted by Crippen LogP contribution is -2.11. The van der Waals surface area contributed by atoms with Crippen LogP contribution in [0.2, 0.25) is 5.15 Å². The highest BCUT2D eigenvalue weighted by atomic mass is 35.5. The minimum absolute atomic E-state index is 0.0453. The maximum absolute atomic E-state index is 12.3. The lowest BCUT2D eigenvalue weighted by atomic mass is 10.2. The summed E-state index contributed by atoms with van der Waals surface area (Å²) in [6.07, 6.45) is 2.56. The van der Waals surface area contributed by atoms with Crippen LogP contribution in [0.4, 0.5) is 10.8 Å². The zero-order valence-electron chi connectivity index (χ0n) is 14.4. The summed E-state index contributed by atoms with van der Waals surface area (Å²) in [6, 6.07) is 10.4. The Morgan fingerprint density at radius 2 is 1.93 bits per heavy atom. The van der Waals surface area contributed by atoms with E-state index in [0.717, 1.165) is 11.1 Å². The molecule has 2 N–H and O–H groups in total. The molecule has 10 heteroatoms. The molecule has 0 bridgehead atoms. The molecule has 0 fully saturated rings. The summed E-state index contributed by atoms with van der Waals surface area (Å²) >= 11 is 7.23. The topological polar surface area (TPSA) is 101 Å². The molecule has 1 aromatic carbocycles. The monoisotopic (exact) mass is 422 g/mol. The maximum Gasteiger partial charge on any atom is 0.257 e. The van der Waals surface area contributed by atoms with Gasteiger partial charge < -0.3 is 0 Å². The summed E-state index contributed by atoms with van der Waals surface area (Å²) in [4.78, 5) is 21.4. The van der Waals surface area contributed by atoms with E-state index in [2.05, 4.69) is 20.0 Å². The van der Waals surface area contributed by atoms with Gasteiger partial charge in [0.25, 0.3) is 5.91 Å². The molecule has 0 atom stereocenters. The van der Waals surface area contributed by atoms with Crippen molar-refractivity contribution in [3.05, 3.63) is 59.0 Å². The summed E-state index contributed by atoms with van der Waals surface area (Å²) < 4.78 is 25.3. The average Bonchev–Trinajstić information content (AvgIpc) is 2.96. The van der Waals surface area contributed by atoms with Crippen LogP contribution in [0.5, 0.6) is 0 Å². The largest absolute Gasteiger partial charge is 0.298 e. The van der Waals surface area contributed by atoms with E-state index >= 15 is 0 Å². The Kier molecular flexibility index (Phi) is 5.45. The van der Waals surface area contributed by atoms with Crippen molar-refractivity contribution in [3.63, 3.8) is 0 Å². The number of carbonyl (C=O) groups excluding carboxylic acids is 1. The van der Waals surface area contributed by atoms with E-state index < -0.39 is 10.0 Å². The van der Waals surface area contributed by atoms with Crippen LogP contribution in [-0.2, 0) is 10.0 Å². The summed E-state index contributed by atoms with van der Waals surface area (Å²) in [5.74, 6) is -0.260. The van der Waals surface area contributed by atoms with Gasteiger partial charge in [0.05, 0.1) is 22.5 Å². The fourth-order valence-electron chi connectivity index (χ4n) is 2.32. The number of hydrogen-bond donors (Lipinski definition) is 2. The van der Waals surface area contributed by atoms with Crippen molar-refractivity contribution < 1.29 is 13.2 Å². The van der Waals surface area contributed by atoms with E-state index in [-0.39, 0.29) is 16.7 Å². The highest BCUT2D eigenvalue weighted by molar-refractivity contribution is 7.92. The molecule has 0 aliphatic carbocycles. The number of carbonyl (C=O) groups is 1. The highest BCUT2D eigenvalue weighted by Crippen LogP contribution is 2.35. The van der Waals surface area contributed by atoms with Crippen LogP contribution >= 0.6 is 22.9 Å². The van der Waals surface area contributed by atoms with Gasteiger partial charge >= 0.3 is 0 Å². The minimum Gasteiger partial charge on any atom is -0.298 e. The second-order valence-corrected chi connectivity index (χ2v) is 8.80. The Hall–Kier alpha value is -2.49. The minimum atomic E-state index is -3.49.